The van der Waals surface area contributed by atoms with Crippen LogP contribution in [0.25, 0.3) is 0 Å². The second kappa shape index (κ2) is 7.61. The number of hydrogen-bond donors (Lipinski definition) is 1. The summed E-state index contributed by atoms with van der Waals surface area (Å²) in [6.45, 7) is 1.82. The Morgan fingerprint density at radius 3 is 2.55 bits per heavy atom. The molecule has 0 unspecified atom stereocenters. The molecule has 1 saturated carbocycles. The molecule has 0 amide bonds. The maximum atomic E-state index is 5.58. The minimum absolute atomic E-state index is 0.737. The Bertz CT molecular complexity index is 438. The molecular formula is C18H28N2. The normalized spacial score (nSPS) is 19.4. The number of allylic oxidation sites excluding steroid dienone is 1. The highest BCUT2D eigenvalue weighted by molar-refractivity contribution is 5.31. The van der Waals surface area contributed by atoms with E-state index in [2.05, 4.69) is 49.3 Å². The van der Waals surface area contributed by atoms with E-state index in [1.165, 1.54) is 31.2 Å². The second-order valence-electron chi connectivity index (χ2n) is 6.15. The van der Waals surface area contributed by atoms with Crippen molar-refractivity contribution in [1.29, 1.82) is 0 Å². The first-order chi connectivity index (χ1) is 9.70. The van der Waals surface area contributed by atoms with Crippen LogP contribution in [0.4, 0.5) is 0 Å². The molecule has 20 heavy (non-hydrogen) atoms. The van der Waals surface area contributed by atoms with Crippen molar-refractivity contribution < 1.29 is 0 Å². The van der Waals surface area contributed by atoms with Gasteiger partial charge in [-0.1, -0.05) is 35.9 Å². The maximum absolute atomic E-state index is 5.58. The summed E-state index contributed by atoms with van der Waals surface area (Å²) in [7, 11) is 4.29. The lowest BCUT2D eigenvalue weighted by molar-refractivity contribution is 0.397. The Balaban J connectivity index is 2.03. The molecule has 0 heterocycles. The van der Waals surface area contributed by atoms with Gasteiger partial charge < -0.3 is 10.6 Å². The Kier molecular flexibility index (Phi) is 5.81. The summed E-state index contributed by atoms with van der Waals surface area (Å²) in [5.74, 6) is 0.737. The number of rotatable bonds is 5. The summed E-state index contributed by atoms with van der Waals surface area (Å²) in [5.41, 5.74) is 10.3. The molecule has 0 aromatic heterocycles. The zero-order chi connectivity index (χ0) is 14.4. The summed E-state index contributed by atoms with van der Waals surface area (Å²) < 4.78 is 0. The molecule has 0 saturated heterocycles. The first-order valence-corrected chi connectivity index (χ1v) is 7.81. The molecule has 0 atom stereocenters. The van der Waals surface area contributed by atoms with Crippen molar-refractivity contribution >= 4 is 0 Å². The molecule has 1 aromatic rings. The van der Waals surface area contributed by atoms with E-state index in [1.54, 1.807) is 11.1 Å². The van der Waals surface area contributed by atoms with Crippen molar-refractivity contribution in [3.05, 3.63) is 47.0 Å². The van der Waals surface area contributed by atoms with E-state index in [4.69, 9.17) is 5.73 Å². The lowest BCUT2D eigenvalue weighted by Crippen LogP contribution is -2.15. The van der Waals surface area contributed by atoms with Gasteiger partial charge in [-0.05, 0) is 69.8 Å². The summed E-state index contributed by atoms with van der Waals surface area (Å²) in [5, 5.41) is 0. The van der Waals surface area contributed by atoms with Gasteiger partial charge in [0.05, 0.1) is 0 Å². The van der Waals surface area contributed by atoms with Crippen LogP contribution in [0.2, 0.25) is 0 Å². The van der Waals surface area contributed by atoms with E-state index < -0.39 is 0 Å². The molecule has 0 bridgehead atoms. The van der Waals surface area contributed by atoms with Crippen LogP contribution in [-0.4, -0.2) is 25.5 Å². The largest absolute Gasteiger partial charge is 0.330 e. The molecule has 2 N–H and O–H groups in total. The number of hydrogen-bond acceptors (Lipinski definition) is 2. The van der Waals surface area contributed by atoms with Crippen molar-refractivity contribution in [2.45, 2.75) is 44.6 Å². The molecule has 1 fully saturated rings. The summed E-state index contributed by atoms with van der Waals surface area (Å²) >= 11 is 0. The molecule has 2 heteroatoms. The van der Waals surface area contributed by atoms with Crippen molar-refractivity contribution in [3.63, 3.8) is 0 Å². The van der Waals surface area contributed by atoms with Gasteiger partial charge in [0.2, 0.25) is 0 Å². The van der Waals surface area contributed by atoms with Gasteiger partial charge in [-0.25, -0.2) is 0 Å². The Labute approximate surface area is 123 Å². The van der Waals surface area contributed by atoms with Gasteiger partial charge in [-0.15, -0.1) is 0 Å². The van der Waals surface area contributed by atoms with Crippen LogP contribution in [-0.2, 0) is 6.54 Å². The Morgan fingerprint density at radius 1 is 1.20 bits per heavy atom. The lowest BCUT2D eigenvalue weighted by atomic mass is 9.79. The van der Waals surface area contributed by atoms with E-state index >= 15 is 0 Å². The van der Waals surface area contributed by atoms with Gasteiger partial charge in [0.1, 0.15) is 0 Å². The van der Waals surface area contributed by atoms with Gasteiger partial charge in [-0.3, -0.25) is 0 Å². The van der Waals surface area contributed by atoms with Crippen LogP contribution in [0.3, 0.4) is 0 Å². The van der Waals surface area contributed by atoms with Crippen LogP contribution >= 0.6 is 0 Å². The molecule has 2 rings (SSSR count). The standard InChI is InChI=1S/C18H28N2/c1-20(2)14-17-7-3-4-8-18(17)16-11-9-15(10-12-16)6-5-13-19/h3-4,6-8,16H,5,9-14,19H2,1-2H3. The van der Waals surface area contributed by atoms with E-state index in [1.807, 2.05) is 0 Å². The van der Waals surface area contributed by atoms with Crippen LogP contribution in [0, 0.1) is 0 Å². The highest BCUT2D eigenvalue weighted by Gasteiger charge is 2.20. The first kappa shape index (κ1) is 15.3. The van der Waals surface area contributed by atoms with E-state index in [-0.39, 0.29) is 0 Å². The van der Waals surface area contributed by atoms with E-state index in [0.717, 1.165) is 25.4 Å². The van der Waals surface area contributed by atoms with Crippen molar-refractivity contribution in [1.82, 2.24) is 4.90 Å². The van der Waals surface area contributed by atoms with Gasteiger partial charge in [0.15, 0.2) is 0 Å². The zero-order valence-electron chi connectivity index (χ0n) is 12.9. The minimum Gasteiger partial charge on any atom is -0.330 e. The van der Waals surface area contributed by atoms with Crippen LogP contribution in [0.15, 0.2) is 35.9 Å². The van der Waals surface area contributed by atoms with Crippen molar-refractivity contribution in [2.75, 3.05) is 20.6 Å². The smallest absolute Gasteiger partial charge is 0.0230 e. The maximum Gasteiger partial charge on any atom is 0.0230 e. The van der Waals surface area contributed by atoms with Gasteiger partial charge in [-0.2, -0.15) is 0 Å². The van der Waals surface area contributed by atoms with Crippen LogP contribution < -0.4 is 5.73 Å². The number of benzene rings is 1. The lowest BCUT2D eigenvalue weighted by Gasteiger charge is -2.27. The van der Waals surface area contributed by atoms with Gasteiger partial charge in [0, 0.05) is 6.54 Å². The van der Waals surface area contributed by atoms with Crippen LogP contribution in [0.1, 0.15) is 49.1 Å². The molecule has 1 aromatic carbocycles. The predicted molar refractivity (Wildman–Crippen MR) is 86.8 cm³/mol. The average molecular weight is 272 g/mol. The highest BCUT2D eigenvalue weighted by atomic mass is 15.0. The third-order valence-electron chi connectivity index (χ3n) is 4.21. The predicted octanol–water partition coefficient (Wildman–Crippen LogP) is 3.68. The van der Waals surface area contributed by atoms with Crippen molar-refractivity contribution in [2.24, 2.45) is 5.73 Å². The third kappa shape index (κ3) is 4.19. The number of nitrogens with zero attached hydrogens (tertiary/aromatic N) is 1. The first-order valence-electron chi connectivity index (χ1n) is 7.81. The Hall–Kier alpha value is -1.12. The second-order valence-corrected chi connectivity index (χ2v) is 6.15. The Morgan fingerprint density at radius 2 is 1.90 bits per heavy atom. The fourth-order valence-corrected chi connectivity index (χ4v) is 3.21. The monoisotopic (exact) mass is 272 g/mol. The topological polar surface area (TPSA) is 29.3 Å². The molecule has 1 aliphatic rings. The third-order valence-corrected chi connectivity index (χ3v) is 4.21. The zero-order valence-corrected chi connectivity index (χ0v) is 12.9. The highest BCUT2D eigenvalue weighted by Crippen LogP contribution is 2.37. The van der Waals surface area contributed by atoms with Crippen LogP contribution in [0.5, 0.6) is 0 Å². The van der Waals surface area contributed by atoms with Crippen molar-refractivity contribution in [3.8, 4) is 0 Å². The molecule has 2 nitrogen and oxygen atoms in total. The molecule has 110 valence electrons. The van der Waals surface area contributed by atoms with E-state index in [0.29, 0.717) is 0 Å². The van der Waals surface area contributed by atoms with Gasteiger partial charge in [0.25, 0.3) is 0 Å². The fraction of sp³-hybridized carbons (Fsp3) is 0.556. The number of nitrogens with two attached hydrogens (primary N) is 1. The molecule has 0 spiro atoms. The molecule has 1 aliphatic carbocycles. The summed E-state index contributed by atoms with van der Waals surface area (Å²) in [4.78, 5) is 2.26. The average Bonchev–Trinajstić information content (AvgIpc) is 2.46. The SMILES string of the molecule is CN(C)Cc1ccccc1C1CCC(=CCCN)CC1. The quantitative estimate of drug-likeness (QED) is 0.829. The molecule has 0 radical (unpaired) electrons. The molecule has 0 aliphatic heterocycles. The molecular weight excluding hydrogens is 244 g/mol. The van der Waals surface area contributed by atoms with Gasteiger partial charge >= 0.3 is 0 Å². The minimum atomic E-state index is 0.737. The summed E-state index contributed by atoms with van der Waals surface area (Å²) in [6, 6.07) is 8.97. The van der Waals surface area contributed by atoms with E-state index in [9.17, 15) is 0 Å². The fourth-order valence-electron chi connectivity index (χ4n) is 3.21. The summed E-state index contributed by atoms with van der Waals surface area (Å²) in [6.07, 6.45) is 8.49.